The number of hydrogen-bond acceptors (Lipinski definition) is 4. The summed E-state index contributed by atoms with van der Waals surface area (Å²) in [6.45, 7) is 3.67. The summed E-state index contributed by atoms with van der Waals surface area (Å²) in [7, 11) is 0. The first-order chi connectivity index (χ1) is 10.6. The van der Waals surface area contributed by atoms with Crippen molar-refractivity contribution in [2.24, 2.45) is 0 Å². The van der Waals surface area contributed by atoms with Crippen LogP contribution in [0.5, 0.6) is 0 Å². The summed E-state index contributed by atoms with van der Waals surface area (Å²) in [5, 5.41) is 6.97. The molecular formula is C17H21N3O2. The van der Waals surface area contributed by atoms with Crippen molar-refractivity contribution >= 4 is 11.6 Å². The minimum Gasteiger partial charge on any atom is -0.338 e. The van der Waals surface area contributed by atoms with Gasteiger partial charge in [-0.3, -0.25) is 4.79 Å². The minimum atomic E-state index is -0.114. The van der Waals surface area contributed by atoms with E-state index in [1.165, 1.54) is 19.8 Å². The molecule has 0 spiro atoms. The van der Waals surface area contributed by atoms with Crippen LogP contribution in [-0.2, 0) is 10.2 Å². The van der Waals surface area contributed by atoms with E-state index in [0.717, 1.165) is 30.7 Å². The number of carbonyl (C=O) groups excluding carboxylic acids is 1. The highest BCUT2D eigenvalue weighted by Crippen LogP contribution is 2.43. The highest BCUT2D eigenvalue weighted by atomic mass is 16.5. The second-order valence-electron chi connectivity index (χ2n) is 5.99. The van der Waals surface area contributed by atoms with Gasteiger partial charge in [-0.15, -0.1) is 0 Å². The molecule has 22 heavy (non-hydrogen) atoms. The molecule has 0 saturated heterocycles. The predicted molar refractivity (Wildman–Crippen MR) is 84.5 cm³/mol. The molecule has 1 heterocycles. The average molecular weight is 299 g/mol. The zero-order valence-corrected chi connectivity index (χ0v) is 13.1. The lowest BCUT2D eigenvalue weighted by Gasteiger charge is -2.21. The van der Waals surface area contributed by atoms with E-state index in [4.69, 9.17) is 4.52 Å². The van der Waals surface area contributed by atoms with Crippen LogP contribution in [0.2, 0.25) is 0 Å². The van der Waals surface area contributed by atoms with E-state index in [0.29, 0.717) is 11.5 Å². The van der Waals surface area contributed by atoms with Gasteiger partial charge in [0.1, 0.15) is 0 Å². The van der Waals surface area contributed by atoms with Gasteiger partial charge in [0, 0.05) is 17.9 Å². The molecule has 0 radical (unpaired) electrons. The number of nitrogens with zero attached hydrogens (tertiary/aromatic N) is 2. The Kier molecular flexibility index (Phi) is 3.96. The summed E-state index contributed by atoms with van der Waals surface area (Å²) in [6.07, 6.45) is 5.67. The quantitative estimate of drug-likeness (QED) is 0.929. The second kappa shape index (κ2) is 5.91. The van der Waals surface area contributed by atoms with Gasteiger partial charge in [-0.25, -0.2) is 0 Å². The zero-order chi connectivity index (χ0) is 15.6. The normalized spacial score (nSPS) is 16.6. The Labute approximate surface area is 130 Å². The largest absolute Gasteiger partial charge is 0.338 e. The first-order valence-corrected chi connectivity index (χ1v) is 7.86. The van der Waals surface area contributed by atoms with Crippen LogP contribution in [0.3, 0.4) is 0 Å². The van der Waals surface area contributed by atoms with Crippen molar-refractivity contribution < 1.29 is 9.32 Å². The molecule has 1 aliphatic carbocycles. The summed E-state index contributed by atoms with van der Waals surface area (Å²) in [6, 6.07) is 7.52. The third kappa shape index (κ3) is 2.63. The van der Waals surface area contributed by atoms with Crippen LogP contribution in [0.15, 0.2) is 28.8 Å². The van der Waals surface area contributed by atoms with Gasteiger partial charge in [0.15, 0.2) is 0 Å². The molecule has 1 aromatic heterocycles. The maximum atomic E-state index is 11.3. The van der Waals surface area contributed by atoms with Gasteiger partial charge in [-0.05, 0) is 31.4 Å². The van der Waals surface area contributed by atoms with Crippen LogP contribution in [-0.4, -0.2) is 16.0 Å². The number of aromatic nitrogens is 2. The van der Waals surface area contributed by atoms with E-state index in [1.54, 1.807) is 0 Å². The van der Waals surface area contributed by atoms with Crippen LogP contribution in [0, 0.1) is 0 Å². The summed E-state index contributed by atoms with van der Waals surface area (Å²) >= 11 is 0. The number of amides is 1. The third-order valence-corrected chi connectivity index (χ3v) is 4.60. The van der Waals surface area contributed by atoms with Gasteiger partial charge < -0.3 is 9.84 Å². The molecule has 0 aliphatic heterocycles. The molecule has 5 heteroatoms. The first kappa shape index (κ1) is 14.8. The summed E-state index contributed by atoms with van der Waals surface area (Å²) in [5.41, 5.74) is 1.53. The topological polar surface area (TPSA) is 68.0 Å². The highest BCUT2D eigenvalue weighted by Gasteiger charge is 2.39. The van der Waals surface area contributed by atoms with Crippen molar-refractivity contribution in [3.63, 3.8) is 0 Å². The Morgan fingerprint density at radius 1 is 1.32 bits per heavy atom. The molecule has 0 unspecified atom stereocenters. The van der Waals surface area contributed by atoms with E-state index in [2.05, 4.69) is 22.4 Å². The van der Waals surface area contributed by atoms with Crippen LogP contribution < -0.4 is 5.32 Å². The molecule has 1 saturated carbocycles. The van der Waals surface area contributed by atoms with Gasteiger partial charge >= 0.3 is 0 Å². The molecular weight excluding hydrogens is 278 g/mol. The van der Waals surface area contributed by atoms with Crippen molar-refractivity contribution in [2.45, 2.75) is 51.4 Å². The Balaban J connectivity index is 1.96. The average Bonchev–Trinajstić information content (AvgIpc) is 3.17. The Morgan fingerprint density at radius 3 is 2.73 bits per heavy atom. The standard InChI is InChI=1S/C17H21N3O2/c1-3-17(10-6-7-11-17)16-19-15(20-22-16)13-8-4-5-9-14(13)18-12(2)21/h4-5,8-9H,3,6-7,10-11H2,1-2H3,(H,18,21). The summed E-state index contributed by atoms with van der Waals surface area (Å²) < 4.78 is 5.58. The molecule has 0 atom stereocenters. The molecule has 0 bridgehead atoms. The monoisotopic (exact) mass is 299 g/mol. The lowest BCUT2D eigenvalue weighted by atomic mass is 9.83. The van der Waals surface area contributed by atoms with Crippen molar-refractivity contribution in [3.8, 4) is 11.4 Å². The van der Waals surface area contributed by atoms with E-state index in [9.17, 15) is 4.79 Å². The van der Waals surface area contributed by atoms with Crippen LogP contribution in [0.1, 0.15) is 51.8 Å². The number of carbonyl (C=O) groups is 1. The molecule has 1 N–H and O–H groups in total. The lowest BCUT2D eigenvalue weighted by Crippen LogP contribution is -2.21. The summed E-state index contributed by atoms with van der Waals surface area (Å²) in [4.78, 5) is 16.0. The van der Waals surface area contributed by atoms with Crippen molar-refractivity contribution in [3.05, 3.63) is 30.2 Å². The third-order valence-electron chi connectivity index (χ3n) is 4.60. The number of benzene rings is 1. The van der Waals surface area contributed by atoms with E-state index in [-0.39, 0.29) is 11.3 Å². The van der Waals surface area contributed by atoms with Gasteiger partial charge in [0.05, 0.1) is 5.69 Å². The van der Waals surface area contributed by atoms with Crippen molar-refractivity contribution in [1.82, 2.24) is 10.1 Å². The molecule has 1 amide bonds. The molecule has 116 valence electrons. The Bertz CT molecular complexity index is 672. The molecule has 1 aliphatic rings. The molecule has 1 aromatic carbocycles. The first-order valence-electron chi connectivity index (χ1n) is 7.86. The van der Waals surface area contributed by atoms with Gasteiger partial charge in [-0.1, -0.05) is 37.1 Å². The smallest absolute Gasteiger partial charge is 0.233 e. The van der Waals surface area contributed by atoms with E-state index >= 15 is 0 Å². The molecule has 5 nitrogen and oxygen atoms in total. The molecule has 2 aromatic rings. The zero-order valence-electron chi connectivity index (χ0n) is 13.1. The van der Waals surface area contributed by atoms with Gasteiger partial charge in [0.25, 0.3) is 0 Å². The number of para-hydroxylation sites is 1. The second-order valence-corrected chi connectivity index (χ2v) is 5.99. The Morgan fingerprint density at radius 2 is 2.05 bits per heavy atom. The van der Waals surface area contributed by atoms with Crippen LogP contribution >= 0.6 is 0 Å². The maximum absolute atomic E-state index is 11.3. The predicted octanol–water partition coefficient (Wildman–Crippen LogP) is 3.92. The molecule has 1 fully saturated rings. The fourth-order valence-electron chi connectivity index (χ4n) is 3.30. The number of hydrogen-bond donors (Lipinski definition) is 1. The van der Waals surface area contributed by atoms with Gasteiger partial charge in [-0.2, -0.15) is 4.98 Å². The van der Waals surface area contributed by atoms with Crippen molar-refractivity contribution in [1.29, 1.82) is 0 Å². The Hall–Kier alpha value is -2.17. The van der Waals surface area contributed by atoms with Crippen LogP contribution in [0.25, 0.3) is 11.4 Å². The summed E-state index contributed by atoms with van der Waals surface area (Å²) in [5.74, 6) is 1.16. The fraction of sp³-hybridized carbons (Fsp3) is 0.471. The molecule has 3 rings (SSSR count). The van der Waals surface area contributed by atoms with Gasteiger partial charge in [0.2, 0.25) is 17.6 Å². The van der Waals surface area contributed by atoms with E-state index < -0.39 is 0 Å². The maximum Gasteiger partial charge on any atom is 0.233 e. The minimum absolute atomic E-state index is 0.0359. The van der Waals surface area contributed by atoms with Crippen LogP contribution in [0.4, 0.5) is 5.69 Å². The van der Waals surface area contributed by atoms with E-state index in [1.807, 2.05) is 24.3 Å². The fourth-order valence-corrected chi connectivity index (χ4v) is 3.30. The lowest BCUT2D eigenvalue weighted by molar-refractivity contribution is -0.114. The van der Waals surface area contributed by atoms with Crippen molar-refractivity contribution in [2.75, 3.05) is 5.32 Å². The number of nitrogens with one attached hydrogen (secondary N) is 1. The SMILES string of the molecule is CCC1(c2nc(-c3ccccc3NC(C)=O)no2)CCCC1. The number of anilines is 1. The highest BCUT2D eigenvalue weighted by molar-refractivity contribution is 5.93. The number of rotatable bonds is 4.